The van der Waals surface area contributed by atoms with Crippen LogP contribution in [0.25, 0.3) is 0 Å². The molecule has 1 aliphatic rings. The first-order chi connectivity index (χ1) is 11.6. The van der Waals surface area contributed by atoms with E-state index in [4.69, 9.17) is 4.52 Å². The first-order valence-electron chi connectivity index (χ1n) is 8.20. The molecule has 2 aromatic rings. The molecule has 24 heavy (non-hydrogen) atoms. The van der Waals surface area contributed by atoms with Crippen LogP contribution in [0, 0.1) is 6.92 Å². The Morgan fingerprint density at radius 2 is 2.29 bits per heavy atom. The molecule has 7 heteroatoms. The summed E-state index contributed by atoms with van der Waals surface area (Å²) in [7, 11) is 0. The number of aliphatic hydroxyl groups excluding tert-OH is 1. The zero-order chi connectivity index (χ0) is 17.1. The molecule has 3 rings (SSSR count). The molecule has 2 atom stereocenters. The Balaban J connectivity index is 1.77. The highest BCUT2D eigenvalue weighted by Crippen LogP contribution is 2.29. The second kappa shape index (κ2) is 7.00. The molecule has 1 aromatic carbocycles. The summed E-state index contributed by atoms with van der Waals surface area (Å²) in [5, 5.41) is 16.7. The molecule has 0 bridgehead atoms. The van der Waals surface area contributed by atoms with Gasteiger partial charge in [-0.3, -0.25) is 0 Å². The Hall–Kier alpha value is -2.41. The molecule has 7 nitrogen and oxygen atoms in total. The third kappa shape index (κ3) is 3.12. The number of amides is 2. The average molecular weight is 330 g/mol. The predicted octanol–water partition coefficient (Wildman–Crippen LogP) is 2.13. The second-order valence-corrected chi connectivity index (χ2v) is 5.92. The van der Waals surface area contributed by atoms with Crippen molar-refractivity contribution in [2.45, 2.75) is 38.8 Å². The minimum absolute atomic E-state index is 0.109. The lowest BCUT2D eigenvalue weighted by Gasteiger charge is -2.37. The van der Waals surface area contributed by atoms with Crippen molar-refractivity contribution in [1.29, 1.82) is 0 Å². The molecule has 2 N–H and O–H groups in total. The molecule has 128 valence electrons. The van der Waals surface area contributed by atoms with Gasteiger partial charge in [-0.15, -0.1) is 0 Å². The Kier molecular flexibility index (Phi) is 4.80. The summed E-state index contributed by atoms with van der Waals surface area (Å²) in [5.74, 6) is 0.944. The normalized spacial score (nSPS) is 18.1. The van der Waals surface area contributed by atoms with Gasteiger partial charge in [0.25, 0.3) is 0 Å². The van der Waals surface area contributed by atoms with Gasteiger partial charge in [0.2, 0.25) is 5.89 Å². The third-order valence-corrected chi connectivity index (χ3v) is 4.41. The van der Waals surface area contributed by atoms with Gasteiger partial charge in [-0.1, -0.05) is 36.3 Å². The van der Waals surface area contributed by atoms with Gasteiger partial charge in [0.1, 0.15) is 0 Å². The van der Waals surface area contributed by atoms with Gasteiger partial charge in [-0.2, -0.15) is 4.98 Å². The van der Waals surface area contributed by atoms with Gasteiger partial charge in [0, 0.05) is 13.5 Å². The van der Waals surface area contributed by atoms with Crippen LogP contribution in [-0.4, -0.2) is 39.3 Å². The van der Waals surface area contributed by atoms with E-state index in [0.717, 1.165) is 12.0 Å². The number of nitrogens with one attached hydrogen (secondary N) is 1. The maximum atomic E-state index is 12.7. The van der Waals surface area contributed by atoms with E-state index < -0.39 is 0 Å². The smallest absolute Gasteiger partial charge is 0.318 e. The average Bonchev–Trinajstić information content (AvgIpc) is 3.04. The number of hydrogen-bond acceptors (Lipinski definition) is 5. The third-order valence-electron chi connectivity index (χ3n) is 4.41. The van der Waals surface area contributed by atoms with E-state index in [1.54, 1.807) is 11.8 Å². The van der Waals surface area contributed by atoms with E-state index in [-0.39, 0.29) is 24.7 Å². The van der Waals surface area contributed by atoms with Crippen molar-refractivity contribution in [1.82, 2.24) is 20.4 Å². The number of aliphatic hydroxyl groups is 1. The van der Waals surface area contributed by atoms with Crippen molar-refractivity contribution in [2.75, 3.05) is 13.2 Å². The van der Waals surface area contributed by atoms with Crippen LogP contribution in [0.4, 0.5) is 4.79 Å². The number of rotatable bonds is 4. The number of fused-ring (bicyclic) bond motifs is 1. The summed E-state index contributed by atoms with van der Waals surface area (Å²) < 4.78 is 5.00. The fourth-order valence-corrected chi connectivity index (χ4v) is 3.13. The van der Waals surface area contributed by atoms with Gasteiger partial charge in [-0.05, 0) is 24.0 Å². The van der Waals surface area contributed by atoms with Crippen LogP contribution in [0.1, 0.15) is 48.3 Å². The van der Waals surface area contributed by atoms with Crippen molar-refractivity contribution < 1.29 is 14.4 Å². The molecule has 0 unspecified atom stereocenters. The van der Waals surface area contributed by atoms with E-state index in [1.807, 2.05) is 31.2 Å². The highest BCUT2D eigenvalue weighted by molar-refractivity contribution is 5.75. The van der Waals surface area contributed by atoms with E-state index >= 15 is 0 Å². The number of urea groups is 1. The van der Waals surface area contributed by atoms with Crippen LogP contribution in [0.5, 0.6) is 0 Å². The number of carbonyl (C=O) groups excluding carboxylic acids is 1. The van der Waals surface area contributed by atoms with Crippen LogP contribution in [0.15, 0.2) is 28.8 Å². The fourth-order valence-electron chi connectivity index (χ4n) is 3.13. The van der Waals surface area contributed by atoms with Crippen molar-refractivity contribution in [3.63, 3.8) is 0 Å². The van der Waals surface area contributed by atoms with Crippen LogP contribution in [-0.2, 0) is 6.42 Å². The summed E-state index contributed by atoms with van der Waals surface area (Å²) in [5.41, 5.74) is 2.19. The van der Waals surface area contributed by atoms with E-state index in [0.29, 0.717) is 24.7 Å². The van der Waals surface area contributed by atoms with Crippen molar-refractivity contribution in [2.24, 2.45) is 0 Å². The minimum Gasteiger partial charge on any atom is -0.394 e. The van der Waals surface area contributed by atoms with Crippen molar-refractivity contribution in [3.8, 4) is 0 Å². The predicted molar refractivity (Wildman–Crippen MR) is 87.3 cm³/mol. The Labute approximate surface area is 140 Å². The standard InChI is InChI=1S/C17H22N4O3/c1-3-14(16-18-11(2)24-20-16)19-17(23)21-9-8-12-6-4-5-7-13(12)15(21)10-22/h4-7,14-15,22H,3,8-10H2,1-2H3,(H,19,23)/t14-,15+/m1/s1. The number of carbonyl (C=O) groups is 1. The lowest BCUT2D eigenvalue weighted by Crippen LogP contribution is -2.47. The molecular formula is C17H22N4O3. The van der Waals surface area contributed by atoms with Crippen LogP contribution in [0.2, 0.25) is 0 Å². The fraction of sp³-hybridized carbons (Fsp3) is 0.471. The summed E-state index contributed by atoms with van der Waals surface area (Å²) in [6.07, 6.45) is 1.43. The first-order valence-corrected chi connectivity index (χ1v) is 8.20. The molecule has 1 aliphatic heterocycles. The lowest BCUT2D eigenvalue weighted by molar-refractivity contribution is 0.124. The highest BCUT2D eigenvalue weighted by Gasteiger charge is 2.31. The number of aryl methyl sites for hydroxylation is 1. The summed E-state index contributed by atoms with van der Waals surface area (Å²) in [6, 6.07) is 7.05. The molecule has 2 heterocycles. The Morgan fingerprint density at radius 1 is 1.50 bits per heavy atom. The van der Waals surface area contributed by atoms with Crippen LogP contribution in [0.3, 0.4) is 0 Å². The minimum atomic E-state index is -0.334. The monoisotopic (exact) mass is 330 g/mol. The molecule has 1 aromatic heterocycles. The molecule has 0 saturated heterocycles. The van der Waals surface area contributed by atoms with E-state index in [2.05, 4.69) is 15.5 Å². The number of benzene rings is 1. The van der Waals surface area contributed by atoms with Gasteiger partial charge in [-0.25, -0.2) is 4.79 Å². The largest absolute Gasteiger partial charge is 0.394 e. The quantitative estimate of drug-likeness (QED) is 0.896. The van der Waals surface area contributed by atoms with Crippen LogP contribution < -0.4 is 5.32 Å². The van der Waals surface area contributed by atoms with Gasteiger partial charge >= 0.3 is 6.03 Å². The Morgan fingerprint density at radius 3 is 2.96 bits per heavy atom. The first kappa shape index (κ1) is 16.4. The van der Waals surface area contributed by atoms with E-state index in [1.165, 1.54) is 5.56 Å². The maximum absolute atomic E-state index is 12.7. The van der Waals surface area contributed by atoms with Crippen molar-refractivity contribution in [3.05, 3.63) is 47.1 Å². The maximum Gasteiger partial charge on any atom is 0.318 e. The summed E-state index contributed by atoms with van der Waals surface area (Å²) >= 11 is 0. The molecule has 0 radical (unpaired) electrons. The lowest BCUT2D eigenvalue weighted by atomic mass is 9.93. The molecule has 0 saturated carbocycles. The van der Waals surface area contributed by atoms with E-state index in [9.17, 15) is 9.90 Å². The number of aromatic nitrogens is 2. The van der Waals surface area contributed by atoms with Gasteiger partial charge in [0.05, 0.1) is 18.7 Å². The molecule has 0 fully saturated rings. The van der Waals surface area contributed by atoms with Crippen LogP contribution >= 0.6 is 0 Å². The molecule has 0 spiro atoms. The zero-order valence-electron chi connectivity index (χ0n) is 13.9. The van der Waals surface area contributed by atoms with Gasteiger partial charge in [0.15, 0.2) is 5.82 Å². The number of nitrogens with zero attached hydrogens (tertiary/aromatic N) is 3. The zero-order valence-corrected chi connectivity index (χ0v) is 13.9. The highest BCUT2D eigenvalue weighted by atomic mass is 16.5. The number of hydrogen-bond donors (Lipinski definition) is 2. The molecule has 2 amide bonds. The Bertz CT molecular complexity index is 715. The molecule has 0 aliphatic carbocycles. The summed E-state index contributed by atoms with van der Waals surface area (Å²) in [4.78, 5) is 18.6. The summed E-state index contributed by atoms with van der Waals surface area (Å²) in [6.45, 7) is 4.12. The SMILES string of the molecule is CC[C@@H](NC(=O)N1CCc2ccccc2[C@@H]1CO)c1noc(C)n1. The second-order valence-electron chi connectivity index (χ2n) is 5.92. The molecular weight excluding hydrogens is 308 g/mol. The van der Waals surface area contributed by atoms with Gasteiger partial charge < -0.3 is 19.8 Å². The van der Waals surface area contributed by atoms with Crippen molar-refractivity contribution >= 4 is 6.03 Å². The topological polar surface area (TPSA) is 91.5 Å².